The number of carbonyl (C=O) groups is 3. The van der Waals surface area contributed by atoms with E-state index < -0.39 is 17.9 Å². The molecule has 5 aromatic rings. The minimum absolute atomic E-state index is 0.0137. The molecule has 5 rings (SSSR count). The van der Waals surface area contributed by atoms with Crippen LogP contribution < -0.4 is 9.47 Å². The minimum atomic E-state index is -0.803. The third-order valence-electron chi connectivity index (χ3n) is 6.68. The van der Waals surface area contributed by atoms with Crippen molar-refractivity contribution in [3.05, 3.63) is 113 Å². The number of para-hydroxylation sites is 1. The quantitative estimate of drug-likeness (QED) is 0.0475. The zero-order valence-electron chi connectivity index (χ0n) is 23.9. The summed E-state index contributed by atoms with van der Waals surface area (Å²) >= 11 is 0. The van der Waals surface area contributed by atoms with Crippen molar-refractivity contribution in [3.8, 4) is 11.5 Å². The zero-order chi connectivity index (χ0) is 30.3. The van der Waals surface area contributed by atoms with E-state index in [9.17, 15) is 14.4 Å². The number of nitrogens with zero attached hydrogens (tertiary/aromatic N) is 1. The number of esters is 3. The fourth-order valence-corrected chi connectivity index (χ4v) is 4.64. The molecule has 9 heteroatoms. The Kier molecular flexibility index (Phi) is 9.05. The molecule has 0 aliphatic rings. The Hall–Kier alpha value is -5.12. The Balaban J connectivity index is 1.43. The van der Waals surface area contributed by atoms with Crippen LogP contribution in [0.1, 0.15) is 42.2 Å². The summed E-state index contributed by atoms with van der Waals surface area (Å²) in [5.74, 6) is -1.36. The molecule has 0 saturated carbocycles. The van der Waals surface area contributed by atoms with E-state index in [1.54, 1.807) is 69.5 Å². The number of benzene rings is 4. The largest absolute Gasteiger partial charge is 0.468 e. The Morgan fingerprint density at radius 3 is 2.12 bits per heavy atom. The number of hydrogen-bond acceptors (Lipinski definition) is 9. The number of aryl methyl sites for hydroxylation is 2. The van der Waals surface area contributed by atoms with Gasteiger partial charge in [-0.2, -0.15) is 0 Å². The number of methoxy groups -OCH3 is 1. The molecule has 218 valence electrons. The molecular weight excluding hydrogens is 550 g/mol. The van der Waals surface area contributed by atoms with E-state index in [4.69, 9.17) is 28.7 Å². The van der Waals surface area contributed by atoms with Gasteiger partial charge in [0, 0.05) is 17.9 Å². The number of carbonyl (C=O) groups excluding carboxylic acids is 3. The molecule has 43 heavy (non-hydrogen) atoms. The van der Waals surface area contributed by atoms with Gasteiger partial charge in [0.2, 0.25) is 0 Å². The predicted molar refractivity (Wildman–Crippen MR) is 160 cm³/mol. The van der Waals surface area contributed by atoms with Crippen molar-refractivity contribution < 1.29 is 38.1 Å². The minimum Gasteiger partial charge on any atom is -0.468 e. The molecule has 0 aliphatic carbocycles. The molecule has 0 amide bonds. The zero-order valence-corrected chi connectivity index (χ0v) is 23.9. The summed E-state index contributed by atoms with van der Waals surface area (Å²) < 4.78 is 27.1. The SMILES string of the molecule is COCCOCOc1ccc2nc3ccccc3c(C(=O)Oc3c(C)cc(C(=O)OC(=O)c4ccccc4)cc3C)c2c1. The van der Waals surface area contributed by atoms with E-state index in [0.717, 1.165) is 0 Å². The Morgan fingerprint density at radius 1 is 0.698 bits per heavy atom. The van der Waals surface area contributed by atoms with E-state index in [2.05, 4.69) is 0 Å². The maximum atomic E-state index is 13.8. The summed E-state index contributed by atoms with van der Waals surface area (Å²) in [4.78, 5) is 43.7. The summed E-state index contributed by atoms with van der Waals surface area (Å²) in [5.41, 5.74) is 3.01. The van der Waals surface area contributed by atoms with Crippen molar-refractivity contribution in [2.24, 2.45) is 0 Å². The summed E-state index contributed by atoms with van der Waals surface area (Å²) in [6.45, 7) is 4.26. The second-order valence-electron chi connectivity index (χ2n) is 9.72. The Morgan fingerprint density at radius 2 is 1.37 bits per heavy atom. The lowest BCUT2D eigenvalue weighted by atomic mass is 10.0. The monoisotopic (exact) mass is 579 g/mol. The normalized spacial score (nSPS) is 11.0. The Bertz CT molecular complexity index is 1790. The van der Waals surface area contributed by atoms with Crippen molar-refractivity contribution in [1.82, 2.24) is 4.98 Å². The van der Waals surface area contributed by atoms with Crippen LogP contribution in [0.25, 0.3) is 21.8 Å². The number of pyridine rings is 1. The van der Waals surface area contributed by atoms with Crippen molar-refractivity contribution in [1.29, 1.82) is 0 Å². The maximum Gasteiger partial charge on any atom is 0.346 e. The number of fused-ring (bicyclic) bond motifs is 2. The van der Waals surface area contributed by atoms with Gasteiger partial charge in [-0.15, -0.1) is 0 Å². The first-order valence-corrected chi connectivity index (χ1v) is 13.5. The molecule has 0 atom stereocenters. The van der Waals surface area contributed by atoms with E-state index in [0.29, 0.717) is 63.2 Å². The smallest absolute Gasteiger partial charge is 0.346 e. The molecule has 9 nitrogen and oxygen atoms in total. The van der Waals surface area contributed by atoms with E-state index >= 15 is 0 Å². The van der Waals surface area contributed by atoms with Crippen LogP contribution in [0.5, 0.6) is 11.5 Å². The molecule has 0 N–H and O–H groups in total. The highest BCUT2D eigenvalue weighted by Crippen LogP contribution is 2.32. The average Bonchev–Trinajstić information content (AvgIpc) is 3.01. The summed E-state index contributed by atoms with van der Waals surface area (Å²) in [7, 11) is 1.59. The van der Waals surface area contributed by atoms with Gasteiger partial charge in [-0.3, -0.25) is 0 Å². The van der Waals surface area contributed by atoms with E-state index in [-0.39, 0.29) is 17.9 Å². The molecule has 0 unspecified atom stereocenters. The molecule has 0 fully saturated rings. The maximum absolute atomic E-state index is 13.8. The fourth-order valence-electron chi connectivity index (χ4n) is 4.64. The molecular formula is C34H29NO8. The highest BCUT2D eigenvalue weighted by Gasteiger charge is 2.22. The van der Waals surface area contributed by atoms with Gasteiger partial charge in [-0.25, -0.2) is 19.4 Å². The number of aromatic nitrogens is 1. The lowest BCUT2D eigenvalue weighted by Gasteiger charge is -2.15. The molecule has 4 aromatic carbocycles. The summed E-state index contributed by atoms with van der Waals surface area (Å²) in [6, 6.07) is 23.9. The van der Waals surface area contributed by atoms with Crippen LogP contribution in [-0.2, 0) is 14.2 Å². The second-order valence-corrected chi connectivity index (χ2v) is 9.72. The van der Waals surface area contributed by atoms with Gasteiger partial charge >= 0.3 is 17.9 Å². The van der Waals surface area contributed by atoms with Gasteiger partial charge < -0.3 is 23.7 Å². The van der Waals surface area contributed by atoms with Gasteiger partial charge in [0.05, 0.1) is 40.9 Å². The molecule has 0 saturated heterocycles. The van der Waals surface area contributed by atoms with Crippen LogP contribution in [0.15, 0.2) is 84.9 Å². The van der Waals surface area contributed by atoms with Crippen molar-refractivity contribution >= 4 is 39.7 Å². The number of hydrogen-bond donors (Lipinski definition) is 0. The van der Waals surface area contributed by atoms with Gasteiger partial charge in [0.1, 0.15) is 11.5 Å². The van der Waals surface area contributed by atoms with Gasteiger partial charge in [0.15, 0.2) is 6.79 Å². The van der Waals surface area contributed by atoms with Crippen LogP contribution >= 0.6 is 0 Å². The summed E-state index contributed by atoms with van der Waals surface area (Å²) in [5, 5.41) is 1.16. The lowest BCUT2D eigenvalue weighted by Crippen LogP contribution is -2.15. The van der Waals surface area contributed by atoms with E-state index in [1.807, 2.05) is 24.3 Å². The van der Waals surface area contributed by atoms with Gasteiger partial charge in [-0.1, -0.05) is 36.4 Å². The van der Waals surface area contributed by atoms with Gasteiger partial charge in [-0.05, 0) is 73.5 Å². The molecule has 0 spiro atoms. The Labute approximate surface area is 247 Å². The van der Waals surface area contributed by atoms with Crippen molar-refractivity contribution in [2.75, 3.05) is 27.1 Å². The molecule has 1 aromatic heterocycles. The predicted octanol–water partition coefficient (Wildman–Crippen LogP) is 6.22. The van der Waals surface area contributed by atoms with Crippen LogP contribution in [0.3, 0.4) is 0 Å². The highest BCUT2D eigenvalue weighted by atomic mass is 16.7. The first-order valence-electron chi connectivity index (χ1n) is 13.5. The molecule has 0 bridgehead atoms. The fraction of sp³-hybridized carbons (Fsp3) is 0.176. The van der Waals surface area contributed by atoms with Crippen LogP contribution in [0.4, 0.5) is 0 Å². The van der Waals surface area contributed by atoms with E-state index in [1.165, 1.54) is 12.1 Å². The number of ether oxygens (including phenoxy) is 5. The average molecular weight is 580 g/mol. The first kappa shape index (κ1) is 29.4. The summed E-state index contributed by atoms with van der Waals surface area (Å²) in [6.07, 6.45) is 0. The van der Waals surface area contributed by atoms with Crippen LogP contribution in [0, 0.1) is 13.8 Å². The lowest BCUT2D eigenvalue weighted by molar-refractivity contribution is -0.00841. The van der Waals surface area contributed by atoms with Gasteiger partial charge in [0.25, 0.3) is 0 Å². The second kappa shape index (κ2) is 13.2. The first-order chi connectivity index (χ1) is 20.9. The molecule has 0 radical (unpaired) electrons. The third-order valence-corrected chi connectivity index (χ3v) is 6.68. The standard InChI is InChI=1S/C34H29NO8/c1-21-17-24(33(37)43-32(36)23-9-5-4-6-10-23)18-22(2)31(21)42-34(38)30-26-11-7-8-12-28(26)35-29-14-13-25(19-27(29)30)41-20-40-16-15-39-3/h4-14,17-19H,15-16,20H2,1-3H3. The third kappa shape index (κ3) is 6.69. The number of rotatable bonds is 10. The van der Waals surface area contributed by atoms with Crippen LogP contribution in [-0.4, -0.2) is 50.0 Å². The molecule has 1 heterocycles. The highest BCUT2D eigenvalue weighted by molar-refractivity contribution is 6.15. The van der Waals surface area contributed by atoms with Crippen molar-refractivity contribution in [2.45, 2.75) is 13.8 Å². The van der Waals surface area contributed by atoms with Crippen LogP contribution in [0.2, 0.25) is 0 Å². The van der Waals surface area contributed by atoms with Crippen molar-refractivity contribution in [3.63, 3.8) is 0 Å². The topological polar surface area (TPSA) is 110 Å². The molecule has 0 aliphatic heterocycles.